The average Bonchev–Trinajstić information content (AvgIpc) is 2.79. The molecule has 0 radical (unpaired) electrons. The maximum absolute atomic E-state index is 12.4. The first-order valence-corrected chi connectivity index (χ1v) is 6.63. The molecule has 3 heteroatoms. The molecule has 0 amide bonds. The van der Waals surface area contributed by atoms with Crippen molar-refractivity contribution >= 4 is 17.6 Å². The minimum absolute atomic E-state index is 0.113. The molecule has 0 aromatic heterocycles. The highest BCUT2D eigenvalue weighted by Crippen LogP contribution is 2.33. The van der Waals surface area contributed by atoms with E-state index in [1.807, 2.05) is 30.3 Å². The monoisotopic (exact) mass is 274 g/mol. The number of rotatable bonds is 0. The first-order chi connectivity index (χ1) is 10.3. The van der Waals surface area contributed by atoms with Gasteiger partial charge in [0.1, 0.15) is 17.1 Å². The normalized spacial score (nSPS) is 15.8. The van der Waals surface area contributed by atoms with Crippen LogP contribution in [0.2, 0.25) is 0 Å². The number of Topliss-reactive ketones (excluding diaryl/α,β-unsaturated/α-hetero) is 2. The Labute approximate surface area is 121 Å². The first-order valence-electron chi connectivity index (χ1n) is 6.63. The van der Waals surface area contributed by atoms with Crippen LogP contribution in [0.3, 0.4) is 0 Å². The minimum atomic E-state index is -0.269. The number of para-hydroxylation sites is 1. The van der Waals surface area contributed by atoms with Crippen LogP contribution >= 0.6 is 0 Å². The third kappa shape index (κ3) is 1.68. The molecule has 0 fully saturated rings. The maximum atomic E-state index is 12.4. The van der Waals surface area contributed by atoms with E-state index in [9.17, 15) is 9.59 Å². The van der Waals surface area contributed by atoms with Gasteiger partial charge < -0.3 is 4.74 Å². The van der Waals surface area contributed by atoms with Gasteiger partial charge in [0.2, 0.25) is 11.6 Å². The molecule has 2 aromatic rings. The molecule has 2 aliphatic rings. The molecule has 4 rings (SSSR count). The van der Waals surface area contributed by atoms with Crippen LogP contribution in [-0.2, 0) is 0 Å². The first kappa shape index (κ1) is 11.9. The summed E-state index contributed by atoms with van der Waals surface area (Å²) in [7, 11) is 0. The van der Waals surface area contributed by atoms with Crippen molar-refractivity contribution in [3.8, 4) is 5.75 Å². The minimum Gasteiger partial charge on any atom is -0.456 e. The van der Waals surface area contributed by atoms with Crippen molar-refractivity contribution in [2.45, 2.75) is 0 Å². The van der Waals surface area contributed by atoms with Crippen molar-refractivity contribution in [3.63, 3.8) is 0 Å². The van der Waals surface area contributed by atoms with Crippen LogP contribution in [0.5, 0.6) is 5.75 Å². The number of ketones is 2. The molecule has 100 valence electrons. The maximum Gasteiger partial charge on any atom is 0.201 e. The predicted molar refractivity (Wildman–Crippen MR) is 78.2 cm³/mol. The highest BCUT2D eigenvalue weighted by molar-refractivity contribution is 6.39. The van der Waals surface area contributed by atoms with Gasteiger partial charge >= 0.3 is 0 Å². The van der Waals surface area contributed by atoms with Gasteiger partial charge in [0.15, 0.2) is 0 Å². The summed E-state index contributed by atoms with van der Waals surface area (Å²) >= 11 is 0. The Morgan fingerprint density at radius 3 is 2.05 bits per heavy atom. The summed E-state index contributed by atoms with van der Waals surface area (Å²) in [6.07, 6.45) is 3.53. The molecule has 0 spiro atoms. The molecular formula is C18H10O3. The molecule has 3 nitrogen and oxygen atoms in total. The number of hydrogen-bond acceptors (Lipinski definition) is 3. The van der Waals surface area contributed by atoms with E-state index in [0.29, 0.717) is 22.6 Å². The molecule has 2 aromatic carbocycles. The molecule has 1 heterocycles. The standard InChI is InChI=1S/C18H10O3/c19-17-12-6-2-3-7-13(12)18(20)16(17)15-10-9-11-5-1-4-8-14(11)21-15/h1-10H. The van der Waals surface area contributed by atoms with Crippen molar-refractivity contribution in [2.24, 2.45) is 0 Å². The number of ether oxygens (including phenoxy) is 1. The zero-order chi connectivity index (χ0) is 14.4. The molecular weight excluding hydrogens is 264 g/mol. The summed E-state index contributed by atoms with van der Waals surface area (Å²) in [5, 5.41) is 0. The highest BCUT2D eigenvalue weighted by atomic mass is 16.5. The molecule has 0 saturated carbocycles. The summed E-state index contributed by atoms with van der Waals surface area (Å²) in [5.74, 6) is 0.434. The third-order valence-corrected chi connectivity index (χ3v) is 3.67. The lowest BCUT2D eigenvalue weighted by Gasteiger charge is -2.15. The van der Waals surface area contributed by atoms with Crippen LogP contribution in [0.25, 0.3) is 6.08 Å². The lowest BCUT2D eigenvalue weighted by atomic mass is 10.1. The predicted octanol–water partition coefficient (Wildman–Crippen LogP) is 3.43. The fraction of sp³-hybridized carbons (Fsp3) is 0. The van der Waals surface area contributed by atoms with E-state index in [1.165, 1.54) is 0 Å². The van der Waals surface area contributed by atoms with Crippen LogP contribution in [0.1, 0.15) is 26.3 Å². The number of carbonyl (C=O) groups excluding carboxylic acids is 2. The summed E-state index contributed by atoms with van der Waals surface area (Å²) in [5.41, 5.74) is 1.93. The van der Waals surface area contributed by atoms with E-state index < -0.39 is 0 Å². The fourth-order valence-corrected chi connectivity index (χ4v) is 2.64. The van der Waals surface area contributed by atoms with Gasteiger partial charge in [-0.15, -0.1) is 0 Å². The molecule has 0 unspecified atom stereocenters. The van der Waals surface area contributed by atoms with Crippen molar-refractivity contribution in [3.05, 3.63) is 82.6 Å². The van der Waals surface area contributed by atoms with E-state index >= 15 is 0 Å². The van der Waals surface area contributed by atoms with Crippen molar-refractivity contribution in [2.75, 3.05) is 0 Å². The summed E-state index contributed by atoms with van der Waals surface area (Å²) < 4.78 is 5.74. The second-order valence-electron chi connectivity index (χ2n) is 4.92. The second kappa shape index (κ2) is 4.28. The average molecular weight is 274 g/mol. The van der Waals surface area contributed by atoms with Gasteiger partial charge in [-0.05, 0) is 18.2 Å². The van der Waals surface area contributed by atoms with Gasteiger partial charge in [0, 0.05) is 16.7 Å². The lowest BCUT2D eigenvalue weighted by Crippen LogP contribution is -2.10. The Kier molecular flexibility index (Phi) is 2.42. The third-order valence-electron chi connectivity index (χ3n) is 3.67. The van der Waals surface area contributed by atoms with Crippen LogP contribution in [0.15, 0.2) is 65.9 Å². The molecule has 0 saturated heterocycles. The Hall–Kier alpha value is -2.94. The number of hydrogen-bond donors (Lipinski definition) is 0. The Balaban J connectivity index is 1.86. The van der Waals surface area contributed by atoms with Gasteiger partial charge in [-0.25, -0.2) is 0 Å². The zero-order valence-electron chi connectivity index (χ0n) is 11.0. The van der Waals surface area contributed by atoms with Gasteiger partial charge in [-0.3, -0.25) is 9.59 Å². The van der Waals surface area contributed by atoms with E-state index in [-0.39, 0.29) is 17.1 Å². The molecule has 0 bridgehead atoms. The summed E-state index contributed by atoms with van der Waals surface area (Å²) in [6, 6.07) is 14.3. The second-order valence-corrected chi connectivity index (χ2v) is 4.92. The number of benzene rings is 2. The fourth-order valence-electron chi connectivity index (χ4n) is 2.64. The number of fused-ring (bicyclic) bond motifs is 2. The molecule has 21 heavy (non-hydrogen) atoms. The topological polar surface area (TPSA) is 43.4 Å². The SMILES string of the molecule is O=C1C(=C2C=Cc3ccccc3O2)C(=O)c2ccccc21. The molecule has 1 aliphatic heterocycles. The summed E-state index contributed by atoms with van der Waals surface area (Å²) in [4.78, 5) is 24.9. The van der Waals surface area contributed by atoms with Crippen LogP contribution in [0, 0.1) is 0 Å². The lowest BCUT2D eigenvalue weighted by molar-refractivity contribution is 0.0983. The zero-order valence-corrected chi connectivity index (χ0v) is 11.0. The molecule has 0 atom stereocenters. The van der Waals surface area contributed by atoms with E-state index in [1.54, 1.807) is 30.3 Å². The molecule has 1 aliphatic carbocycles. The number of allylic oxidation sites excluding steroid dienone is 2. The quantitative estimate of drug-likeness (QED) is 0.546. The largest absolute Gasteiger partial charge is 0.456 e. The van der Waals surface area contributed by atoms with Crippen LogP contribution in [0.4, 0.5) is 0 Å². The summed E-state index contributed by atoms with van der Waals surface area (Å²) in [6.45, 7) is 0. The van der Waals surface area contributed by atoms with Crippen molar-refractivity contribution in [1.29, 1.82) is 0 Å². The van der Waals surface area contributed by atoms with Gasteiger partial charge in [-0.1, -0.05) is 42.5 Å². The Bertz CT molecular complexity index is 819. The van der Waals surface area contributed by atoms with Gasteiger partial charge in [-0.2, -0.15) is 0 Å². The van der Waals surface area contributed by atoms with Crippen molar-refractivity contribution < 1.29 is 14.3 Å². The molecule has 0 N–H and O–H groups in total. The van der Waals surface area contributed by atoms with E-state index in [4.69, 9.17) is 4.74 Å². The number of carbonyl (C=O) groups is 2. The van der Waals surface area contributed by atoms with Crippen molar-refractivity contribution in [1.82, 2.24) is 0 Å². The van der Waals surface area contributed by atoms with Gasteiger partial charge in [0.25, 0.3) is 0 Å². The Morgan fingerprint density at radius 1 is 0.714 bits per heavy atom. The van der Waals surface area contributed by atoms with E-state index in [2.05, 4.69) is 0 Å². The smallest absolute Gasteiger partial charge is 0.201 e. The highest BCUT2D eigenvalue weighted by Gasteiger charge is 2.36. The van der Waals surface area contributed by atoms with E-state index in [0.717, 1.165) is 5.56 Å². The van der Waals surface area contributed by atoms with Gasteiger partial charge in [0.05, 0.1) is 0 Å². The van der Waals surface area contributed by atoms with Crippen LogP contribution < -0.4 is 4.74 Å². The van der Waals surface area contributed by atoms with Crippen LogP contribution in [-0.4, -0.2) is 11.6 Å². The Morgan fingerprint density at radius 2 is 1.33 bits per heavy atom.